The normalized spacial score (nSPS) is 17.4. The lowest BCUT2D eigenvalue weighted by Gasteiger charge is -2.33. The van der Waals surface area contributed by atoms with Crippen LogP contribution in [-0.4, -0.2) is 34.3 Å². The second kappa shape index (κ2) is 15.4. The maximum atomic E-state index is 13.4. The highest BCUT2D eigenvalue weighted by Crippen LogP contribution is 2.35. The zero-order chi connectivity index (χ0) is 29.2. The van der Waals surface area contributed by atoms with Crippen molar-refractivity contribution in [1.82, 2.24) is 15.2 Å². The highest BCUT2D eigenvalue weighted by molar-refractivity contribution is 7.13. The second-order valence-electron chi connectivity index (χ2n) is 10.9. The average Bonchev–Trinajstić information content (AvgIpc) is 3.58. The molecule has 1 saturated heterocycles. The quantitative estimate of drug-likeness (QED) is 0.380. The number of hydrogen-bond acceptors (Lipinski definition) is 4. The van der Waals surface area contributed by atoms with Crippen LogP contribution in [0, 0.1) is 18.3 Å². The molecule has 2 aromatic rings. The third kappa shape index (κ3) is 8.14. The SMILES string of the molecule is CC.CC.CCC(C)c1cc(-c2scnc2C)ccc1C(C)NC(=O)C1CCCN1C(=O)[C@@H](C)C(C)(C)C. The Balaban J connectivity index is 0.00000172. The molecule has 1 fully saturated rings. The molecule has 6 heteroatoms. The molecule has 1 aromatic carbocycles. The molecule has 5 nitrogen and oxygen atoms in total. The van der Waals surface area contributed by atoms with Crippen molar-refractivity contribution in [3.8, 4) is 10.4 Å². The number of amides is 2. The molecule has 0 bridgehead atoms. The Morgan fingerprint density at radius 2 is 1.74 bits per heavy atom. The zero-order valence-corrected chi connectivity index (χ0v) is 26.9. The predicted octanol–water partition coefficient (Wildman–Crippen LogP) is 8.53. The lowest BCUT2D eigenvalue weighted by Crippen LogP contribution is -2.49. The number of aryl methyl sites for hydroxylation is 1. The molecule has 0 radical (unpaired) electrons. The van der Waals surface area contributed by atoms with Crippen molar-refractivity contribution in [2.24, 2.45) is 11.3 Å². The van der Waals surface area contributed by atoms with Crippen LogP contribution < -0.4 is 5.32 Å². The minimum Gasteiger partial charge on any atom is -0.348 e. The topological polar surface area (TPSA) is 62.3 Å². The third-order valence-corrected chi connectivity index (χ3v) is 8.55. The molecule has 1 aliphatic heterocycles. The number of thiazole rings is 1. The molecular formula is C32H53N3O2S. The van der Waals surface area contributed by atoms with Crippen LogP contribution in [0.2, 0.25) is 0 Å². The van der Waals surface area contributed by atoms with Crippen LogP contribution in [0.5, 0.6) is 0 Å². The molecule has 38 heavy (non-hydrogen) atoms. The lowest BCUT2D eigenvalue weighted by molar-refractivity contribution is -0.144. The van der Waals surface area contributed by atoms with Gasteiger partial charge in [0.25, 0.3) is 0 Å². The van der Waals surface area contributed by atoms with Crippen LogP contribution in [0.1, 0.15) is 124 Å². The first-order valence-corrected chi connectivity index (χ1v) is 15.5. The fourth-order valence-electron chi connectivity index (χ4n) is 4.65. The van der Waals surface area contributed by atoms with E-state index >= 15 is 0 Å². The molecule has 0 saturated carbocycles. The monoisotopic (exact) mass is 543 g/mol. The molecule has 3 rings (SSSR count). The van der Waals surface area contributed by atoms with E-state index in [0.29, 0.717) is 12.5 Å². The van der Waals surface area contributed by atoms with Crippen molar-refractivity contribution in [2.45, 2.75) is 120 Å². The largest absolute Gasteiger partial charge is 0.348 e. The van der Waals surface area contributed by atoms with Gasteiger partial charge in [-0.2, -0.15) is 0 Å². The van der Waals surface area contributed by atoms with E-state index in [2.05, 4.69) is 70.0 Å². The maximum Gasteiger partial charge on any atom is 0.243 e. The van der Waals surface area contributed by atoms with Gasteiger partial charge in [0.05, 0.1) is 22.1 Å². The first-order chi connectivity index (χ1) is 18.0. The number of nitrogens with one attached hydrogen (secondary N) is 1. The van der Waals surface area contributed by atoms with Crippen molar-refractivity contribution < 1.29 is 9.59 Å². The summed E-state index contributed by atoms with van der Waals surface area (Å²) in [6, 6.07) is 6.04. The Hall–Kier alpha value is -2.21. The molecule has 2 amide bonds. The molecule has 2 heterocycles. The Labute approximate surface area is 236 Å². The number of nitrogens with zero attached hydrogens (tertiary/aromatic N) is 2. The van der Waals surface area contributed by atoms with Crippen LogP contribution in [0.15, 0.2) is 23.7 Å². The number of carbonyl (C=O) groups is 2. The van der Waals surface area contributed by atoms with Crippen LogP contribution in [0.4, 0.5) is 0 Å². The molecule has 1 N–H and O–H groups in total. The van der Waals surface area contributed by atoms with Crippen LogP contribution in [0.25, 0.3) is 10.4 Å². The number of benzene rings is 1. The van der Waals surface area contributed by atoms with Gasteiger partial charge in [-0.25, -0.2) is 4.98 Å². The molecule has 4 atom stereocenters. The summed E-state index contributed by atoms with van der Waals surface area (Å²) in [5.41, 5.74) is 6.40. The third-order valence-electron chi connectivity index (χ3n) is 7.57. The highest BCUT2D eigenvalue weighted by Gasteiger charge is 2.39. The highest BCUT2D eigenvalue weighted by atomic mass is 32.1. The van der Waals surface area contributed by atoms with Gasteiger partial charge < -0.3 is 10.2 Å². The minimum absolute atomic E-state index is 0.0445. The Bertz CT molecular complexity index is 1020. The second-order valence-corrected chi connectivity index (χ2v) is 11.8. The van der Waals surface area contributed by atoms with E-state index in [1.807, 2.05) is 52.0 Å². The van der Waals surface area contributed by atoms with Gasteiger partial charge >= 0.3 is 0 Å². The number of hydrogen-bond donors (Lipinski definition) is 1. The van der Waals surface area contributed by atoms with Crippen molar-refractivity contribution in [1.29, 1.82) is 0 Å². The van der Waals surface area contributed by atoms with E-state index in [-0.39, 0.29) is 35.2 Å². The summed E-state index contributed by atoms with van der Waals surface area (Å²) in [6.07, 6.45) is 2.62. The van der Waals surface area contributed by atoms with Gasteiger partial charge in [0, 0.05) is 12.5 Å². The standard InChI is InChI=1S/C28H41N3O2S.2C2H6/c1-9-17(2)23-15-21(25-20(5)29-16-34-25)12-13-22(23)19(4)30-26(32)24-11-10-14-31(24)27(33)18(3)28(6,7)8;2*1-2/h12-13,15-19,24H,9-11,14H2,1-8H3,(H,30,32);2*1-2H3/t17?,18-,19?,24?;;/m1../s1. The molecular weight excluding hydrogens is 490 g/mol. The first kappa shape index (κ1) is 33.8. The first-order valence-electron chi connectivity index (χ1n) is 14.6. The summed E-state index contributed by atoms with van der Waals surface area (Å²) in [5.74, 6) is 0.289. The minimum atomic E-state index is -0.383. The van der Waals surface area contributed by atoms with Crippen LogP contribution in [0.3, 0.4) is 0 Å². The van der Waals surface area contributed by atoms with Crippen LogP contribution >= 0.6 is 11.3 Å². The van der Waals surface area contributed by atoms with Crippen molar-refractivity contribution in [3.05, 3.63) is 40.5 Å². The van der Waals surface area contributed by atoms with E-state index in [4.69, 9.17) is 0 Å². The maximum absolute atomic E-state index is 13.4. The van der Waals surface area contributed by atoms with E-state index in [0.717, 1.165) is 30.5 Å². The molecule has 3 unspecified atom stereocenters. The number of aromatic nitrogens is 1. The van der Waals surface area contributed by atoms with E-state index in [1.54, 1.807) is 11.3 Å². The summed E-state index contributed by atoms with van der Waals surface area (Å²) in [5, 5.41) is 3.24. The molecule has 0 aliphatic carbocycles. The summed E-state index contributed by atoms with van der Waals surface area (Å²) in [7, 11) is 0. The van der Waals surface area contributed by atoms with Crippen molar-refractivity contribution in [3.63, 3.8) is 0 Å². The van der Waals surface area contributed by atoms with Crippen LogP contribution in [-0.2, 0) is 9.59 Å². The lowest BCUT2D eigenvalue weighted by atomic mass is 9.81. The summed E-state index contributed by atoms with van der Waals surface area (Å²) < 4.78 is 0. The van der Waals surface area contributed by atoms with Gasteiger partial charge in [0.15, 0.2) is 0 Å². The predicted molar refractivity (Wildman–Crippen MR) is 164 cm³/mol. The Morgan fingerprint density at radius 1 is 1.11 bits per heavy atom. The van der Waals surface area contributed by atoms with Crippen molar-refractivity contribution >= 4 is 23.2 Å². The van der Waals surface area contributed by atoms with Gasteiger partial charge in [-0.3, -0.25) is 9.59 Å². The van der Waals surface area contributed by atoms with E-state index in [1.165, 1.54) is 16.0 Å². The van der Waals surface area contributed by atoms with Gasteiger partial charge in [0.2, 0.25) is 11.8 Å². The van der Waals surface area contributed by atoms with E-state index in [9.17, 15) is 9.59 Å². The van der Waals surface area contributed by atoms with Gasteiger partial charge in [-0.05, 0) is 67.2 Å². The fourth-order valence-corrected chi connectivity index (χ4v) is 5.45. The molecule has 214 valence electrons. The van der Waals surface area contributed by atoms with Gasteiger partial charge in [-0.15, -0.1) is 11.3 Å². The number of rotatable bonds is 7. The van der Waals surface area contributed by atoms with Gasteiger partial charge in [-0.1, -0.05) is 81.4 Å². The van der Waals surface area contributed by atoms with E-state index < -0.39 is 0 Å². The number of likely N-dealkylation sites (tertiary alicyclic amines) is 1. The Kier molecular flexibility index (Phi) is 13.7. The molecule has 1 aromatic heterocycles. The summed E-state index contributed by atoms with van der Waals surface area (Å²) >= 11 is 1.66. The smallest absolute Gasteiger partial charge is 0.243 e. The summed E-state index contributed by atoms with van der Waals surface area (Å²) in [4.78, 5) is 33.9. The molecule has 0 spiro atoms. The van der Waals surface area contributed by atoms with Crippen molar-refractivity contribution in [2.75, 3.05) is 6.54 Å². The Morgan fingerprint density at radius 3 is 2.26 bits per heavy atom. The summed E-state index contributed by atoms with van der Waals surface area (Å²) in [6.45, 7) is 25.4. The van der Waals surface area contributed by atoms with Gasteiger partial charge in [0.1, 0.15) is 6.04 Å². The number of carbonyl (C=O) groups excluding carboxylic acids is 2. The average molecular weight is 544 g/mol. The molecule has 1 aliphatic rings. The zero-order valence-electron chi connectivity index (χ0n) is 26.1. The fraction of sp³-hybridized carbons (Fsp3) is 0.656.